The molecule has 8 heteroatoms. The summed E-state index contributed by atoms with van der Waals surface area (Å²) >= 11 is 6.13. The quantitative estimate of drug-likeness (QED) is 0.615. The monoisotopic (exact) mass is 385 g/mol. The molecule has 1 heterocycles. The number of rotatable bonds is 7. The van der Waals surface area contributed by atoms with Crippen molar-refractivity contribution in [1.29, 1.82) is 0 Å². The van der Waals surface area contributed by atoms with Crippen LogP contribution in [0.1, 0.15) is 12.5 Å². The Bertz CT molecular complexity index is 918. The van der Waals surface area contributed by atoms with Gasteiger partial charge in [0.1, 0.15) is 11.5 Å². The summed E-state index contributed by atoms with van der Waals surface area (Å²) in [5.41, 5.74) is 2.81. The first kappa shape index (κ1) is 18.7. The van der Waals surface area contributed by atoms with Crippen LogP contribution in [0.2, 0.25) is 5.02 Å². The number of hydrogen-bond acceptors (Lipinski definition) is 7. The summed E-state index contributed by atoms with van der Waals surface area (Å²) in [4.78, 5) is 4.43. The number of nitrogens with one attached hydrogen (secondary N) is 2. The summed E-state index contributed by atoms with van der Waals surface area (Å²) in [6, 6.07) is 11.5. The van der Waals surface area contributed by atoms with Gasteiger partial charge in [0.15, 0.2) is 5.82 Å². The highest BCUT2D eigenvalue weighted by Gasteiger charge is 2.12. The molecule has 140 valence electrons. The fraction of sp³-hybridized carbons (Fsp3) is 0.211. The van der Waals surface area contributed by atoms with Gasteiger partial charge in [-0.2, -0.15) is 10.1 Å². The van der Waals surface area contributed by atoms with Crippen LogP contribution in [0.25, 0.3) is 0 Å². The number of aromatic nitrogens is 3. The molecule has 0 saturated heterocycles. The maximum absolute atomic E-state index is 6.13. The van der Waals surface area contributed by atoms with Gasteiger partial charge < -0.3 is 20.1 Å². The zero-order valence-electron chi connectivity index (χ0n) is 15.3. The molecular formula is C19H20ClN5O2. The van der Waals surface area contributed by atoms with E-state index in [0.717, 1.165) is 12.1 Å². The minimum atomic E-state index is 0.313. The Morgan fingerprint density at radius 3 is 2.41 bits per heavy atom. The molecule has 2 aromatic carbocycles. The third kappa shape index (κ3) is 4.57. The third-order valence-electron chi connectivity index (χ3n) is 3.91. The van der Waals surface area contributed by atoms with E-state index in [1.807, 2.05) is 12.1 Å². The molecule has 7 nitrogen and oxygen atoms in total. The van der Waals surface area contributed by atoms with Crippen molar-refractivity contribution in [2.45, 2.75) is 13.3 Å². The molecule has 2 N–H and O–H groups in total. The zero-order chi connectivity index (χ0) is 19.2. The molecule has 3 aromatic rings. The number of aryl methyl sites for hydroxylation is 1. The molecule has 0 bridgehead atoms. The Morgan fingerprint density at radius 1 is 1.00 bits per heavy atom. The maximum atomic E-state index is 6.13. The number of hydrogen-bond donors (Lipinski definition) is 2. The number of anilines is 4. The molecule has 0 radical (unpaired) electrons. The second kappa shape index (κ2) is 8.55. The lowest BCUT2D eigenvalue weighted by Crippen LogP contribution is -2.04. The summed E-state index contributed by atoms with van der Waals surface area (Å²) in [5, 5.41) is 14.7. The van der Waals surface area contributed by atoms with Crippen LogP contribution in [0.5, 0.6) is 11.5 Å². The van der Waals surface area contributed by atoms with Gasteiger partial charge in [0, 0.05) is 17.8 Å². The van der Waals surface area contributed by atoms with Crippen molar-refractivity contribution in [3.8, 4) is 11.5 Å². The second-order valence-electron chi connectivity index (χ2n) is 5.65. The molecule has 0 spiro atoms. The van der Waals surface area contributed by atoms with Gasteiger partial charge in [-0.05, 0) is 24.1 Å². The van der Waals surface area contributed by atoms with Gasteiger partial charge in [0.25, 0.3) is 0 Å². The molecule has 3 rings (SSSR count). The van der Waals surface area contributed by atoms with E-state index in [4.69, 9.17) is 21.1 Å². The fourth-order valence-corrected chi connectivity index (χ4v) is 2.70. The summed E-state index contributed by atoms with van der Waals surface area (Å²) in [6.45, 7) is 2.12. The highest BCUT2D eigenvalue weighted by Crippen LogP contribution is 2.36. The van der Waals surface area contributed by atoms with E-state index in [2.05, 4.69) is 44.9 Å². The topological polar surface area (TPSA) is 81.2 Å². The van der Waals surface area contributed by atoms with Crippen molar-refractivity contribution >= 4 is 34.7 Å². The first-order valence-electron chi connectivity index (χ1n) is 8.37. The van der Waals surface area contributed by atoms with Gasteiger partial charge >= 0.3 is 0 Å². The van der Waals surface area contributed by atoms with E-state index in [1.54, 1.807) is 32.5 Å². The minimum absolute atomic E-state index is 0.313. The Hall–Kier alpha value is -3.06. The zero-order valence-corrected chi connectivity index (χ0v) is 16.0. The van der Waals surface area contributed by atoms with Crippen LogP contribution in [0, 0.1) is 0 Å². The highest BCUT2D eigenvalue weighted by molar-refractivity contribution is 6.32. The van der Waals surface area contributed by atoms with Crippen LogP contribution in [0.3, 0.4) is 0 Å². The van der Waals surface area contributed by atoms with Crippen LogP contribution in [0.4, 0.5) is 23.1 Å². The van der Waals surface area contributed by atoms with E-state index in [1.165, 1.54) is 5.56 Å². The van der Waals surface area contributed by atoms with Gasteiger partial charge in [0.05, 0.1) is 31.1 Å². The number of benzene rings is 2. The van der Waals surface area contributed by atoms with Gasteiger partial charge in [0.2, 0.25) is 5.95 Å². The lowest BCUT2D eigenvalue weighted by molar-refractivity contribution is 0.405. The summed E-state index contributed by atoms with van der Waals surface area (Å²) in [6.07, 6.45) is 2.55. The largest absolute Gasteiger partial charge is 0.495 e. The molecule has 0 atom stereocenters. The molecule has 0 fully saturated rings. The Balaban J connectivity index is 1.81. The van der Waals surface area contributed by atoms with E-state index >= 15 is 0 Å². The van der Waals surface area contributed by atoms with Gasteiger partial charge in [-0.25, -0.2) is 0 Å². The van der Waals surface area contributed by atoms with Gasteiger partial charge in [-0.15, -0.1) is 5.10 Å². The van der Waals surface area contributed by atoms with Crippen molar-refractivity contribution in [3.63, 3.8) is 0 Å². The summed E-state index contributed by atoms with van der Waals surface area (Å²) in [5.74, 6) is 1.93. The molecular weight excluding hydrogens is 366 g/mol. The molecule has 0 saturated carbocycles. The number of methoxy groups -OCH3 is 2. The molecule has 0 aliphatic heterocycles. The van der Waals surface area contributed by atoms with Crippen LogP contribution < -0.4 is 20.1 Å². The van der Waals surface area contributed by atoms with E-state index in [-0.39, 0.29) is 0 Å². The first-order valence-corrected chi connectivity index (χ1v) is 8.75. The van der Waals surface area contributed by atoms with E-state index in [0.29, 0.717) is 34.0 Å². The average molecular weight is 386 g/mol. The number of nitrogens with zero attached hydrogens (tertiary/aromatic N) is 3. The fourth-order valence-electron chi connectivity index (χ4n) is 2.47. The molecule has 0 amide bonds. The lowest BCUT2D eigenvalue weighted by Gasteiger charge is -2.13. The van der Waals surface area contributed by atoms with Gasteiger partial charge in [-0.1, -0.05) is 30.7 Å². The predicted octanol–water partition coefficient (Wildman–Crippen LogP) is 4.59. The molecule has 0 unspecified atom stereocenters. The van der Waals surface area contributed by atoms with Crippen molar-refractivity contribution in [3.05, 3.63) is 53.2 Å². The van der Waals surface area contributed by atoms with E-state index in [9.17, 15) is 0 Å². The second-order valence-corrected chi connectivity index (χ2v) is 6.06. The average Bonchev–Trinajstić information content (AvgIpc) is 2.70. The van der Waals surface area contributed by atoms with Crippen molar-refractivity contribution in [1.82, 2.24) is 15.2 Å². The van der Waals surface area contributed by atoms with Crippen molar-refractivity contribution < 1.29 is 9.47 Å². The first-order chi connectivity index (χ1) is 13.1. The van der Waals surface area contributed by atoms with Crippen LogP contribution in [0.15, 0.2) is 42.6 Å². The Morgan fingerprint density at radius 2 is 1.74 bits per heavy atom. The number of halogens is 1. The SMILES string of the molecule is CCc1ccc(Nc2cnnc(Nc3cc(OC)c(Cl)cc3OC)n2)cc1. The summed E-state index contributed by atoms with van der Waals surface area (Å²) in [7, 11) is 3.10. The third-order valence-corrected chi connectivity index (χ3v) is 4.21. The van der Waals surface area contributed by atoms with Gasteiger partial charge in [-0.3, -0.25) is 0 Å². The lowest BCUT2D eigenvalue weighted by atomic mass is 10.1. The highest BCUT2D eigenvalue weighted by atomic mass is 35.5. The van der Waals surface area contributed by atoms with Crippen LogP contribution >= 0.6 is 11.6 Å². The maximum Gasteiger partial charge on any atom is 0.249 e. The predicted molar refractivity (Wildman–Crippen MR) is 107 cm³/mol. The Labute approximate surface area is 162 Å². The number of ether oxygens (including phenoxy) is 2. The van der Waals surface area contributed by atoms with Crippen molar-refractivity contribution in [2.24, 2.45) is 0 Å². The van der Waals surface area contributed by atoms with Crippen LogP contribution in [-0.4, -0.2) is 29.4 Å². The van der Waals surface area contributed by atoms with Crippen LogP contribution in [-0.2, 0) is 6.42 Å². The molecule has 0 aliphatic carbocycles. The van der Waals surface area contributed by atoms with E-state index < -0.39 is 0 Å². The molecule has 27 heavy (non-hydrogen) atoms. The normalized spacial score (nSPS) is 10.4. The summed E-state index contributed by atoms with van der Waals surface area (Å²) < 4.78 is 10.6. The molecule has 1 aromatic heterocycles. The minimum Gasteiger partial charge on any atom is -0.495 e. The molecule has 0 aliphatic rings. The Kier molecular flexibility index (Phi) is 5.93. The smallest absolute Gasteiger partial charge is 0.249 e. The van der Waals surface area contributed by atoms with Crippen molar-refractivity contribution in [2.75, 3.05) is 24.9 Å². The standard InChI is InChI=1S/C19H20ClN5O2/c1-4-12-5-7-13(8-6-12)22-18-11-21-25-19(24-18)23-15-10-16(26-2)14(20)9-17(15)27-3/h5-11H,4H2,1-3H3,(H2,22,23,24,25).